The molecule has 0 radical (unpaired) electrons. The van der Waals surface area contributed by atoms with Crippen molar-refractivity contribution in [1.29, 1.82) is 0 Å². The first-order valence-corrected chi connectivity index (χ1v) is 9.83. The third kappa shape index (κ3) is 8.11. The Labute approximate surface area is 199 Å². The van der Waals surface area contributed by atoms with E-state index in [1.165, 1.54) is 24.3 Å². The van der Waals surface area contributed by atoms with Gasteiger partial charge in [0.05, 0.1) is 17.3 Å². The number of aromatic nitrogens is 1. The Kier molecular flexibility index (Phi) is 9.13. The molecule has 0 saturated heterocycles. The molecule has 3 aromatic rings. The van der Waals surface area contributed by atoms with Crippen LogP contribution in [0.25, 0.3) is 0 Å². The molecular formula is C23H17F6N3O4. The van der Waals surface area contributed by atoms with Crippen molar-refractivity contribution >= 4 is 23.5 Å². The van der Waals surface area contributed by atoms with Crippen LogP contribution >= 0.6 is 0 Å². The van der Waals surface area contributed by atoms with Crippen molar-refractivity contribution in [2.24, 2.45) is 0 Å². The fraction of sp³-hybridized carbons (Fsp3) is 0.130. The molecule has 0 aliphatic heterocycles. The van der Waals surface area contributed by atoms with E-state index in [2.05, 4.69) is 10.3 Å². The molecule has 0 aliphatic rings. The van der Waals surface area contributed by atoms with Crippen LogP contribution in [-0.2, 0) is 9.59 Å². The minimum absolute atomic E-state index is 0.0833. The lowest BCUT2D eigenvalue weighted by Crippen LogP contribution is -2.33. The minimum atomic E-state index is -5.08. The van der Waals surface area contributed by atoms with Gasteiger partial charge < -0.3 is 15.7 Å². The zero-order valence-electron chi connectivity index (χ0n) is 18.0. The van der Waals surface area contributed by atoms with Gasteiger partial charge in [-0.3, -0.25) is 14.6 Å². The lowest BCUT2D eigenvalue weighted by Gasteiger charge is -2.21. The molecule has 0 saturated carbocycles. The Bertz CT molecular complexity index is 1150. The van der Waals surface area contributed by atoms with Crippen LogP contribution in [0.2, 0.25) is 0 Å². The molecule has 0 bridgehead atoms. The van der Waals surface area contributed by atoms with Crippen LogP contribution in [0.3, 0.4) is 0 Å². The second kappa shape index (κ2) is 11.8. The maximum absolute atomic E-state index is 12.9. The maximum Gasteiger partial charge on any atom is 0.490 e. The van der Waals surface area contributed by atoms with Gasteiger partial charge in [-0.1, -0.05) is 42.5 Å². The second-order valence-corrected chi connectivity index (χ2v) is 6.90. The number of pyridine rings is 1. The molecule has 1 heterocycles. The van der Waals surface area contributed by atoms with E-state index in [-0.39, 0.29) is 11.3 Å². The number of anilines is 1. The molecule has 0 fully saturated rings. The standard InChI is InChI=1S/C21H16F3N3O2.C2HF3O2/c22-21(23,24)20(29)26-17-9-5-4-8-16(17)19(28)27-18(14-6-2-1-3-7-14)15-10-12-25-13-11-15;3-2(4,5)1(6)7/h1-13,18H,(H,26,29)(H,27,28);(H,6,7). The highest BCUT2D eigenvalue weighted by atomic mass is 19.4. The van der Waals surface area contributed by atoms with Gasteiger partial charge in [0.2, 0.25) is 0 Å². The normalized spacial score (nSPS) is 11.9. The Balaban J connectivity index is 0.000000572. The highest BCUT2D eigenvalue weighted by molar-refractivity contribution is 6.05. The molecular weight excluding hydrogens is 496 g/mol. The van der Waals surface area contributed by atoms with E-state index in [4.69, 9.17) is 9.90 Å². The molecule has 13 heteroatoms. The lowest BCUT2D eigenvalue weighted by atomic mass is 9.99. The van der Waals surface area contributed by atoms with Crippen LogP contribution in [0, 0.1) is 0 Å². The second-order valence-electron chi connectivity index (χ2n) is 6.90. The third-order valence-electron chi connectivity index (χ3n) is 4.37. The molecule has 190 valence electrons. The number of aliphatic carboxylic acids is 1. The monoisotopic (exact) mass is 513 g/mol. The van der Waals surface area contributed by atoms with Crippen LogP contribution in [0.5, 0.6) is 0 Å². The number of carboxylic acids is 1. The first-order valence-electron chi connectivity index (χ1n) is 9.83. The summed E-state index contributed by atoms with van der Waals surface area (Å²) in [6.45, 7) is 0. The number of hydrogen-bond acceptors (Lipinski definition) is 4. The predicted molar refractivity (Wildman–Crippen MR) is 115 cm³/mol. The van der Waals surface area contributed by atoms with E-state index in [1.54, 1.807) is 29.8 Å². The molecule has 0 spiro atoms. The number of amides is 2. The Morgan fingerprint density at radius 3 is 1.78 bits per heavy atom. The van der Waals surface area contributed by atoms with Gasteiger partial charge in [0, 0.05) is 12.4 Å². The third-order valence-corrected chi connectivity index (χ3v) is 4.37. The highest BCUT2D eigenvalue weighted by Gasteiger charge is 2.39. The summed E-state index contributed by atoms with van der Waals surface area (Å²) in [4.78, 5) is 37.1. The molecule has 1 atom stereocenters. The average Bonchev–Trinajstić information content (AvgIpc) is 2.83. The van der Waals surface area contributed by atoms with Crippen molar-refractivity contribution in [3.8, 4) is 0 Å². The first-order chi connectivity index (χ1) is 16.8. The minimum Gasteiger partial charge on any atom is -0.475 e. The maximum atomic E-state index is 12.9. The van der Waals surface area contributed by atoms with E-state index in [0.717, 1.165) is 11.1 Å². The molecule has 2 amide bonds. The zero-order valence-corrected chi connectivity index (χ0v) is 18.0. The van der Waals surface area contributed by atoms with Gasteiger partial charge in [-0.2, -0.15) is 26.3 Å². The quantitative estimate of drug-likeness (QED) is 0.428. The van der Waals surface area contributed by atoms with Gasteiger partial charge in [-0.25, -0.2) is 4.79 Å². The summed E-state index contributed by atoms with van der Waals surface area (Å²) in [5.74, 6) is -5.53. The molecule has 3 rings (SSSR count). The van der Waals surface area contributed by atoms with E-state index < -0.39 is 36.2 Å². The summed E-state index contributed by atoms with van der Waals surface area (Å²) >= 11 is 0. The van der Waals surface area contributed by atoms with Crippen molar-refractivity contribution in [2.45, 2.75) is 18.4 Å². The van der Waals surface area contributed by atoms with Gasteiger partial charge in [-0.05, 0) is 35.4 Å². The number of para-hydroxylation sites is 1. The van der Waals surface area contributed by atoms with Gasteiger partial charge in [0.1, 0.15) is 0 Å². The van der Waals surface area contributed by atoms with Crippen molar-refractivity contribution in [2.75, 3.05) is 5.32 Å². The summed E-state index contributed by atoms with van der Waals surface area (Å²) in [5, 5.41) is 11.7. The zero-order chi connectivity index (χ0) is 26.9. The van der Waals surface area contributed by atoms with Crippen molar-refractivity contribution in [1.82, 2.24) is 10.3 Å². The number of nitrogens with one attached hydrogen (secondary N) is 2. The molecule has 36 heavy (non-hydrogen) atoms. The predicted octanol–water partition coefficient (Wildman–Crippen LogP) is 4.74. The smallest absolute Gasteiger partial charge is 0.475 e. The number of nitrogens with zero attached hydrogens (tertiary/aromatic N) is 1. The van der Waals surface area contributed by atoms with Crippen molar-refractivity contribution in [3.63, 3.8) is 0 Å². The summed E-state index contributed by atoms with van der Waals surface area (Å²) in [7, 11) is 0. The number of benzene rings is 2. The average molecular weight is 513 g/mol. The van der Waals surface area contributed by atoms with Crippen molar-refractivity contribution in [3.05, 3.63) is 95.8 Å². The molecule has 1 aromatic heterocycles. The summed E-state index contributed by atoms with van der Waals surface area (Å²) in [6.07, 6.45) is -6.99. The van der Waals surface area contributed by atoms with Crippen LogP contribution < -0.4 is 10.6 Å². The SMILES string of the molecule is O=C(NC(c1ccccc1)c1ccncc1)c1ccccc1NC(=O)C(F)(F)F.O=C(O)C(F)(F)F. The molecule has 3 N–H and O–H groups in total. The van der Waals surface area contributed by atoms with Crippen LogP contribution in [0.1, 0.15) is 27.5 Å². The summed E-state index contributed by atoms with van der Waals surface area (Å²) < 4.78 is 69.5. The Hall–Kier alpha value is -4.42. The highest BCUT2D eigenvalue weighted by Crippen LogP contribution is 2.25. The summed E-state index contributed by atoms with van der Waals surface area (Å²) in [5.41, 5.74) is 1.22. The number of carbonyl (C=O) groups is 3. The number of carbonyl (C=O) groups excluding carboxylic acids is 2. The van der Waals surface area contributed by atoms with Crippen LogP contribution in [0.15, 0.2) is 79.1 Å². The number of alkyl halides is 6. The lowest BCUT2D eigenvalue weighted by molar-refractivity contribution is -0.192. The number of rotatable bonds is 5. The van der Waals surface area contributed by atoms with Gasteiger partial charge in [-0.15, -0.1) is 0 Å². The first kappa shape index (κ1) is 27.8. The molecule has 2 aromatic carbocycles. The fourth-order valence-corrected chi connectivity index (χ4v) is 2.75. The van der Waals surface area contributed by atoms with E-state index in [9.17, 15) is 35.9 Å². The Morgan fingerprint density at radius 2 is 1.25 bits per heavy atom. The topological polar surface area (TPSA) is 108 Å². The number of carboxylic acid groups (broad SMARTS) is 1. The largest absolute Gasteiger partial charge is 0.490 e. The van der Waals surface area contributed by atoms with E-state index in [1.807, 2.05) is 30.3 Å². The molecule has 7 nitrogen and oxygen atoms in total. The molecule has 1 unspecified atom stereocenters. The Morgan fingerprint density at radius 1 is 0.750 bits per heavy atom. The van der Waals surface area contributed by atoms with Gasteiger partial charge >= 0.3 is 24.2 Å². The number of halogens is 6. The van der Waals surface area contributed by atoms with Gasteiger partial charge in [0.25, 0.3) is 5.91 Å². The van der Waals surface area contributed by atoms with E-state index in [0.29, 0.717) is 0 Å². The molecule has 0 aliphatic carbocycles. The van der Waals surface area contributed by atoms with Crippen molar-refractivity contribution < 1.29 is 45.8 Å². The fourth-order valence-electron chi connectivity index (χ4n) is 2.75. The van der Waals surface area contributed by atoms with Crippen LogP contribution in [-0.4, -0.2) is 40.2 Å². The number of hydrogen-bond donors (Lipinski definition) is 3. The van der Waals surface area contributed by atoms with E-state index >= 15 is 0 Å². The van der Waals surface area contributed by atoms with Crippen LogP contribution in [0.4, 0.5) is 32.0 Å². The van der Waals surface area contributed by atoms with Gasteiger partial charge in [0.15, 0.2) is 0 Å². The summed E-state index contributed by atoms with van der Waals surface area (Å²) in [6, 6.07) is 17.5.